The summed E-state index contributed by atoms with van der Waals surface area (Å²) in [5.74, 6) is -0.368. The quantitative estimate of drug-likeness (QED) is 0.162. The van der Waals surface area contributed by atoms with Crippen molar-refractivity contribution in [1.82, 2.24) is 0 Å². The molecule has 160 valence electrons. The lowest BCUT2D eigenvalue weighted by Gasteiger charge is -2.20. The lowest BCUT2D eigenvalue weighted by molar-refractivity contribution is -0.263. The maximum atomic E-state index is 11.7. The molecule has 0 fully saturated rings. The smallest absolute Gasteiger partial charge is 0.347 e. The Bertz CT molecular complexity index is 407. The van der Waals surface area contributed by atoms with Crippen LogP contribution in [0.2, 0.25) is 0 Å². The molecule has 6 heteroatoms. The summed E-state index contributed by atoms with van der Waals surface area (Å²) in [6.07, 6.45) is 9.32. The minimum absolute atomic E-state index is 0.368. The number of unbranched alkanes of at least 4 members (excludes halogenated alkanes) is 5. The fourth-order valence-electron chi connectivity index (χ4n) is 2.81. The Labute approximate surface area is 164 Å². The summed E-state index contributed by atoms with van der Waals surface area (Å²) in [6.45, 7) is 5.77. The lowest BCUT2D eigenvalue weighted by Crippen LogP contribution is -2.26. The zero-order valence-electron chi connectivity index (χ0n) is 17.5. The Morgan fingerprint density at radius 3 is 2.22 bits per heavy atom. The van der Waals surface area contributed by atoms with Crippen molar-refractivity contribution in [3.63, 3.8) is 0 Å². The number of rotatable bonds is 16. The van der Waals surface area contributed by atoms with Crippen molar-refractivity contribution >= 4 is 5.97 Å². The second-order valence-electron chi connectivity index (χ2n) is 7.88. The van der Waals surface area contributed by atoms with Crippen LogP contribution in [0.4, 0.5) is 0 Å². The topological polar surface area (TPSA) is 96.2 Å². The van der Waals surface area contributed by atoms with Gasteiger partial charge in [0.25, 0.3) is 0 Å². The molecular formula is C21H40O6. The number of hydrogen-bond acceptors (Lipinski definition) is 6. The number of hydrogen-bond donors (Lipinski definition) is 3. The number of aliphatic hydroxyl groups excluding tert-OH is 3. The van der Waals surface area contributed by atoms with Crippen molar-refractivity contribution in [2.24, 2.45) is 5.41 Å². The minimum atomic E-state index is -0.950. The fraction of sp³-hybridized carbons (Fsp3) is 0.857. The molecule has 0 saturated heterocycles. The Morgan fingerprint density at radius 1 is 0.963 bits per heavy atom. The van der Waals surface area contributed by atoms with Crippen LogP contribution in [0.5, 0.6) is 0 Å². The molecule has 6 nitrogen and oxygen atoms in total. The average Bonchev–Trinajstić information content (AvgIpc) is 2.62. The number of carbonyl (C=O) groups is 1. The third-order valence-corrected chi connectivity index (χ3v) is 4.79. The van der Waals surface area contributed by atoms with Crippen LogP contribution in [0.1, 0.15) is 85.0 Å². The molecule has 0 aliphatic heterocycles. The van der Waals surface area contributed by atoms with Crippen LogP contribution in [0, 0.1) is 5.41 Å². The molecule has 0 aromatic heterocycles. The lowest BCUT2D eigenvalue weighted by atomic mass is 9.87. The first kappa shape index (κ1) is 26.1. The number of aliphatic hydroxyl groups is 3. The van der Waals surface area contributed by atoms with Crippen LogP contribution < -0.4 is 0 Å². The predicted octanol–water partition coefficient (Wildman–Crippen LogP) is 3.68. The third kappa shape index (κ3) is 13.0. The van der Waals surface area contributed by atoms with E-state index in [0.717, 1.165) is 44.9 Å². The molecule has 0 spiro atoms. The Hall–Kier alpha value is -0.950. The van der Waals surface area contributed by atoms with Crippen LogP contribution in [-0.4, -0.2) is 46.7 Å². The molecule has 3 unspecified atom stereocenters. The molecule has 0 bridgehead atoms. The van der Waals surface area contributed by atoms with Crippen LogP contribution in [-0.2, 0) is 14.6 Å². The summed E-state index contributed by atoms with van der Waals surface area (Å²) < 4.78 is 0. The van der Waals surface area contributed by atoms with E-state index in [2.05, 4.69) is 16.7 Å². The molecule has 0 radical (unpaired) electrons. The summed E-state index contributed by atoms with van der Waals surface area (Å²) >= 11 is 0. The van der Waals surface area contributed by atoms with Crippen LogP contribution >= 0.6 is 0 Å². The molecule has 0 rings (SSSR count). The van der Waals surface area contributed by atoms with E-state index in [1.807, 2.05) is 13.8 Å². The summed E-state index contributed by atoms with van der Waals surface area (Å²) in [6, 6.07) is 0. The maximum Gasteiger partial charge on any atom is 0.347 e. The van der Waals surface area contributed by atoms with Gasteiger partial charge in [0.15, 0.2) is 0 Å². The summed E-state index contributed by atoms with van der Waals surface area (Å²) in [5.41, 5.74) is -0.575. The highest BCUT2D eigenvalue weighted by Crippen LogP contribution is 2.26. The summed E-state index contributed by atoms with van der Waals surface area (Å²) in [5, 5.41) is 29.8. The molecule has 3 atom stereocenters. The van der Waals surface area contributed by atoms with Crippen molar-refractivity contribution < 1.29 is 29.9 Å². The molecule has 3 N–H and O–H groups in total. The molecular weight excluding hydrogens is 348 g/mol. The van der Waals surface area contributed by atoms with Crippen molar-refractivity contribution in [2.75, 3.05) is 7.11 Å². The van der Waals surface area contributed by atoms with Crippen LogP contribution in [0.15, 0.2) is 12.2 Å². The van der Waals surface area contributed by atoms with E-state index in [4.69, 9.17) is 0 Å². The van der Waals surface area contributed by atoms with Gasteiger partial charge in [0.2, 0.25) is 0 Å². The molecule has 0 aromatic rings. The minimum Gasteiger partial charge on any atom is -0.390 e. The second-order valence-corrected chi connectivity index (χ2v) is 7.88. The molecule has 0 aliphatic carbocycles. The Kier molecular flexibility index (Phi) is 14.5. The summed E-state index contributed by atoms with van der Waals surface area (Å²) in [4.78, 5) is 20.7. The van der Waals surface area contributed by atoms with Crippen LogP contribution in [0.25, 0.3) is 0 Å². The van der Waals surface area contributed by atoms with Gasteiger partial charge in [-0.25, -0.2) is 4.79 Å². The van der Waals surface area contributed by atoms with E-state index >= 15 is 0 Å². The Balaban J connectivity index is 3.89. The second kappa shape index (κ2) is 15.0. The van der Waals surface area contributed by atoms with E-state index in [-0.39, 0.29) is 5.97 Å². The van der Waals surface area contributed by atoms with E-state index < -0.39 is 23.7 Å². The number of carbonyl (C=O) groups excluding carboxylic acids is 1. The Morgan fingerprint density at radius 2 is 1.59 bits per heavy atom. The molecule has 0 amide bonds. The highest BCUT2D eigenvalue weighted by atomic mass is 17.2. The van der Waals surface area contributed by atoms with Crippen LogP contribution in [0.3, 0.4) is 0 Å². The van der Waals surface area contributed by atoms with Gasteiger partial charge in [-0.05, 0) is 33.1 Å². The van der Waals surface area contributed by atoms with Gasteiger partial charge in [0.1, 0.15) is 0 Å². The molecule has 0 heterocycles. The molecule has 0 aliphatic rings. The fourth-order valence-corrected chi connectivity index (χ4v) is 2.81. The van der Waals surface area contributed by atoms with Crippen molar-refractivity contribution in [1.29, 1.82) is 0 Å². The van der Waals surface area contributed by atoms with Gasteiger partial charge in [0.05, 0.1) is 30.8 Å². The zero-order valence-corrected chi connectivity index (χ0v) is 17.5. The molecule has 27 heavy (non-hydrogen) atoms. The van der Waals surface area contributed by atoms with Gasteiger partial charge in [-0.3, -0.25) is 4.89 Å². The van der Waals surface area contributed by atoms with E-state index in [0.29, 0.717) is 19.3 Å². The van der Waals surface area contributed by atoms with Gasteiger partial charge in [0, 0.05) is 0 Å². The summed E-state index contributed by atoms with van der Waals surface area (Å²) in [7, 11) is 1.32. The highest BCUT2D eigenvalue weighted by Gasteiger charge is 2.29. The van der Waals surface area contributed by atoms with Gasteiger partial charge >= 0.3 is 5.97 Å². The largest absolute Gasteiger partial charge is 0.390 e. The van der Waals surface area contributed by atoms with Gasteiger partial charge in [-0.1, -0.05) is 64.0 Å². The predicted molar refractivity (Wildman–Crippen MR) is 106 cm³/mol. The maximum absolute atomic E-state index is 11.7. The molecule has 0 aromatic carbocycles. The SMILES string of the molecule is CCCCCC(O)/C=C/C(O)C(O)CCCCCCC(C)(C)C(=O)OOC. The highest BCUT2D eigenvalue weighted by molar-refractivity contribution is 5.75. The first-order valence-electron chi connectivity index (χ1n) is 10.2. The third-order valence-electron chi connectivity index (χ3n) is 4.79. The van der Waals surface area contributed by atoms with Gasteiger partial charge in [-0.15, -0.1) is 0 Å². The zero-order chi connectivity index (χ0) is 20.7. The normalized spacial score (nSPS) is 15.7. The average molecular weight is 389 g/mol. The standard InChI is InChI=1S/C21H40O6/c1-5-6-9-12-17(22)14-15-19(24)18(23)13-10-7-8-11-16-21(2,3)20(25)27-26-4/h14-15,17-19,22-24H,5-13,16H2,1-4H3/b15-14+. The van der Waals surface area contributed by atoms with Gasteiger partial charge < -0.3 is 15.3 Å². The van der Waals surface area contributed by atoms with Crippen molar-refractivity contribution in [2.45, 2.75) is 103 Å². The van der Waals surface area contributed by atoms with Crippen molar-refractivity contribution in [3.8, 4) is 0 Å². The van der Waals surface area contributed by atoms with Gasteiger partial charge in [-0.2, -0.15) is 4.89 Å². The van der Waals surface area contributed by atoms with Crippen molar-refractivity contribution in [3.05, 3.63) is 12.2 Å². The monoisotopic (exact) mass is 388 g/mol. The first-order chi connectivity index (χ1) is 12.7. The first-order valence-corrected chi connectivity index (χ1v) is 10.2. The van der Waals surface area contributed by atoms with E-state index in [9.17, 15) is 20.1 Å². The molecule has 0 saturated carbocycles. The van der Waals surface area contributed by atoms with E-state index in [1.165, 1.54) is 13.2 Å². The van der Waals surface area contributed by atoms with E-state index in [1.54, 1.807) is 6.08 Å².